The monoisotopic (exact) mass is 601 g/mol. The number of benzene rings is 1. The number of thioether (sulfide) groups is 1. The van der Waals surface area contributed by atoms with Gasteiger partial charge in [0.2, 0.25) is 11.8 Å². The summed E-state index contributed by atoms with van der Waals surface area (Å²) in [6.45, 7) is 7.40. The average Bonchev–Trinajstić information content (AvgIpc) is 3.35. The first-order chi connectivity index (χ1) is 20.8. The summed E-state index contributed by atoms with van der Waals surface area (Å²) >= 11 is 1.74. The Morgan fingerprint density at radius 3 is 2.70 bits per heavy atom. The van der Waals surface area contributed by atoms with Crippen molar-refractivity contribution in [1.29, 1.82) is 5.26 Å². The fraction of sp³-hybridized carbons (Fsp3) is 0.344. The minimum Gasteiger partial charge on any atom is -0.487 e. The number of allylic oxidation sites excluding steroid dienone is 4. The van der Waals surface area contributed by atoms with Gasteiger partial charge in [0.25, 0.3) is 5.91 Å². The van der Waals surface area contributed by atoms with Crippen LogP contribution in [0.5, 0.6) is 5.75 Å². The maximum absolute atomic E-state index is 14.5. The second-order valence-corrected chi connectivity index (χ2v) is 11.9. The predicted molar refractivity (Wildman–Crippen MR) is 159 cm³/mol. The third-order valence-electron chi connectivity index (χ3n) is 7.84. The lowest BCUT2D eigenvalue weighted by molar-refractivity contribution is -0.136. The number of hydrogen-bond donors (Lipinski definition) is 1. The second-order valence-electron chi connectivity index (χ2n) is 10.6. The molecule has 4 heterocycles. The lowest BCUT2D eigenvalue weighted by Crippen LogP contribution is -2.52. The van der Waals surface area contributed by atoms with Gasteiger partial charge in [-0.25, -0.2) is 4.39 Å². The number of amides is 3. The third-order valence-corrected chi connectivity index (χ3v) is 9.16. The van der Waals surface area contributed by atoms with Gasteiger partial charge in [-0.1, -0.05) is 18.7 Å². The highest BCUT2D eigenvalue weighted by molar-refractivity contribution is 8.00. The van der Waals surface area contributed by atoms with Gasteiger partial charge in [-0.15, -0.1) is 11.8 Å². The van der Waals surface area contributed by atoms with E-state index in [1.807, 2.05) is 29.3 Å². The van der Waals surface area contributed by atoms with Crippen LogP contribution in [0.3, 0.4) is 0 Å². The molecule has 3 amide bonds. The van der Waals surface area contributed by atoms with Crippen molar-refractivity contribution in [2.24, 2.45) is 0 Å². The van der Waals surface area contributed by atoms with E-state index < -0.39 is 17.8 Å². The molecule has 1 N–H and O–H groups in total. The molecule has 3 aliphatic heterocycles. The number of likely N-dealkylation sites (tertiary alicyclic amines) is 1. The molecule has 0 spiro atoms. The Morgan fingerprint density at radius 2 is 2.02 bits per heavy atom. The van der Waals surface area contributed by atoms with Crippen molar-refractivity contribution in [3.05, 3.63) is 89.2 Å². The number of aromatic nitrogens is 1. The van der Waals surface area contributed by atoms with E-state index in [0.29, 0.717) is 41.8 Å². The van der Waals surface area contributed by atoms with Gasteiger partial charge in [-0.05, 0) is 56.5 Å². The van der Waals surface area contributed by atoms with Crippen LogP contribution >= 0.6 is 11.8 Å². The molecule has 11 heteroatoms. The quantitative estimate of drug-likeness (QED) is 0.247. The van der Waals surface area contributed by atoms with E-state index in [4.69, 9.17) is 10.00 Å². The number of ether oxygens (including phenoxy) is 1. The van der Waals surface area contributed by atoms with E-state index in [1.54, 1.807) is 43.0 Å². The van der Waals surface area contributed by atoms with Gasteiger partial charge in [-0.3, -0.25) is 24.7 Å². The predicted octanol–water partition coefficient (Wildman–Crippen LogP) is 4.82. The number of piperidine rings is 2. The topological polar surface area (TPSA) is 116 Å². The van der Waals surface area contributed by atoms with Gasteiger partial charge in [0.05, 0.1) is 29.6 Å². The van der Waals surface area contributed by atoms with E-state index in [0.717, 1.165) is 29.0 Å². The Bertz CT molecular complexity index is 1540. The van der Waals surface area contributed by atoms with Crippen LogP contribution in [0.15, 0.2) is 77.3 Å². The van der Waals surface area contributed by atoms with Crippen LogP contribution in [0.2, 0.25) is 0 Å². The maximum Gasteiger partial charge on any atom is 0.255 e. The largest absolute Gasteiger partial charge is 0.487 e. The van der Waals surface area contributed by atoms with E-state index in [2.05, 4.69) is 16.9 Å². The first kappa shape index (κ1) is 30.0. The van der Waals surface area contributed by atoms with E-state index in [9.17, 15) is 18.8 Å². The third kappa shape index (κ3) is 6.81. The van der Waals surface area contributed by atoms with Crippen LogP contribution in [-0.4, -0.2) is 56.9 Å². The highest BCUT2D eigenvalue weighted by atomic mass is 32.2. The van der Waals surface area contributed by atoms with Gasteiger partial charge < -0.3 is 14.5 Å². The molecule has 0 radical (unpaired) electrons. The van der Waals surface area contributed by atoms with Gasteiger partial charge in [0.1, 0.15) is 24.2 Å². The Hall–Kier alpha value is -4.43. The number of nitrogens with zero attached hydrogens (tertiary/aromatic N) is 4. The summed E-state index contributed by atoms with van der Waals surface area (Å²) in [5, 5.41) is 11.7. The first-order valence-electron chi connectivity index (χ1n) is 14.2. The number of imide groups is 1. The molecular weight excluding hydrogens is 569 g/mol. The Balaban J connectivity index is 1.13. The summed E-state index contributed by atoms with van der Waals surface area (Å²) in [5.74, 6) is -0.927. The first-order valence-corrected chi connectivity index (χ1v) is 15.0. The van der Waals surface area contributed by atoms with Gasteiger partial charge in [0.15, 0.2) is 0 Å². The number of carbonyl (C=O) groups is 3. The lowest BCUT2D eigenvalue weighted by Gasteiger charge is -2.34. The Labute approximate surface area is 254 Å². The van der Waals surface area contributed by atoms with Crippen molar-refractivity contribution in [3.63, 3.8) is 0 Å². The molecule has 0 bridgehead atoms. The zero-order chi connectivity index (χ0) is 30.5. The molecular formula is C32H32FN5O4S. The summed E-state index contributed by atoms with van der Waals surface area (Å²) in [7, 11) is 0. The molecule has 1 aromatic heterocycles. The molecule has 9 nitrogen and oxygen atoms in total. The maximum atomic E-state index is 14.5. The minimum atomic E-state index is -0.679. The molecule has 2 saturated heterocycles. The van der Waals surface area contributed by atoms with Crippen LogP contribution in [0.25, 0.3) is 0 Å². The SMILES string of the molecule is C=C(/C(F)=C\C(C#N)=C/C)N1CCC(Sc2ccc(COc3cccc4c3CN([C@@H]3CCC(=O)NC3=O)C4=O)nc2)CC1. The summed E-state index contributed by atoms with van der Waals surface area (Å²) in [4.78, 5) is 46.0. The molecule has 2 fully saturated rings. The van der Waals surface area contributed by atoms with Crippen LogP contribution in [-0.2, 0) is 22.7 Å². The van der Waals surface area contributed by atoms with E-state index in [1.165, 1.54) is 11.0 Å². The highest BCUT2D eigenvalue weighted by Crippen LogP contribution is 2.35. The summed E-state index contributed by atoms with van der Waals surface area (Å²) in [6.07, 6.45) is 6.85. The number of halogens is 1. The fourth-order valence-electron chi connectivity index (χ4n) is 5.40. The van der Waals surface area contributed by atoms with Crippen molar-refractivity contribution >= 4 is 29.5 Å². The molecule has 0 saturated carbocycles. The van der Waals surface area contributed by atoms with E-state index in [-0.39, 0.29) is 37.0 Å². The molecule has 43 heavy (non-hydrogen) atoms. The van der Waals surface area contributed by atoms with Crippen LogP contribution < -0.4 is 10.1 Å². The smallest absolute Gasteiger partial charge is 0.255 e. The van der Waals surface area contributed by atoms with Crippen molar-refractivity contribution in [2.75, 3.05) is 13.1 Å². The molecule has 1 aromatic carbocycles. The zero-order valence-corrected chi connectivity index (χ0v) is 24.7. The number of nitriles is 1. The molecule has 5 rings (SSSR count). The summed E-state index contributed by atoms with van der Waals surface area (Å²) < 4.78 is 20.6. The highest BCUT2D eigenvalue weighted by Gasteiger charge is 2.40. The van der Waals surface area contributed by atoms with Crippen molar-refractivity contribution in [3.8, 4) is 11.8 Å². The lowest BCUT2D eigenvalue weighted by atomic mass is 10.0. The Kier molecular flexibility index (Phi) is 9.26. The average molecular weight is 602 g/mol. The Morgan fingerprint density at radius 1 is 1.23 bits per heavy atom. The molecule has 0 aliphatic carbocycles. The van der Waals surface area contributed by atoms with Crippen LogP contribution in [0, 0.1) is 11.3 Å². The minimum absolute atomic E-state index is 0.203. The fourth-order valence-corrected chi connectivity index (χ4v) is 6.49. The number of fused-ring (bicyclic) bond motifs is 1. The number of hydrogen-bond acceptors (Lipinski definition) is 8. The van der Waals surface area contributed by atoms with Crippen LogP contribution in [0.1, 0.15) is 54.2 Å². The number of pyridine rings is 1. The normalized spacial score (nSPS) is 19.7. The van der Waals surface area contributed by atoms with Crippen molar-refractivity contribution in [2.45, 2.75) is 61.9 Å². The molecule has 2 aromatic rings. The standard InChI is InChI=1S/C32H32FN5O4S/c1-3-21(16-34)15-27(33)20(2)37-13-11-23(12-14-37)43-24-8-7-22(35-17-24)19-42-29-6-4-5-25-26(29)18-38(32(25)41)28-9-10-30(39)36-31(28)40/h3-8,15,17,23,28H,2,9-14,18-19H2,1H3,(H,36,39,40)/b21-3+,27-15+/t28-/m1/s1. The summed E-state index contributed by atoms with van der Waals surface area (Å²) in [5.41, 5.74) is 2.53. The number of carbonyl (C=O) groups excluding carboxylic acids is 3. The van der Waals surface area contributed by atoms with Gasteiger partial charge >= 0.3 is 0 Å². The number of nitrogens with one attached hydrogen (secondary N) is 1. The van der Waals surface area contributed by atoms with Gasteiger partial charge in [0, 0.05) is 47.0 Å². The molecule has 3 aliphatic rings. The molecule has 1 atom stereocenters. The molecule has 222 valence electrons. The zero-order valence-electron chi connectivity index (χ0n) is 23.8. The van der Waals surface area contributed by atoms with Crippen molar-refractivity contribution < 1.29 is 23.5 Å². The second kappa shape index (κ2) is 13.3. The number of rotatable bonds is 9. The van der Waals surface area contributed by atoms with E-state index >= 15 is 0 Å². The van der Waals surface area contributed by atoms with Crippen molar-refractivity contribution in [1.82, 2.24) is 20.1 Å². The molecule has 0 unspecified atom stereocenters. The van der Waals surface area contributed by atoms with Crippen LogP contribution in [0.4, 0.5) is 4.39 Å². The van der Waals surface area contributed by atoms with Gasteiger partial charge in [-0.2, -0.15) is 5.26 Å². The summed E-state index contributed by atoms with van der Waals surface area (Å²) in [6, 6.07) is 10.5.